The molecule has 1 atom stereocenters. The predicted molar refractivity (Wildman–Crippen MR) is 138 cm³/mol. The molecule has 2 aromatic heterocycles. The number of benzene rings is 1. The van der Waals surface area contributed by atoms with Crippen LogP contribution in [0.3, 0.4) is 0 Å². The summed E-state index contributed by atoms with van der Waals surface area (Å²) in [5.41, 5.74) is 1.40. The molecule has 0 saturated carbocycles. The molecule has 4 heterocycles. The lowest BCUT2D eigenvalue weighted by Crippen LogP contribution is -2.50. The maximum atomic E-state index is 12.5. The molecule has 0 radical (unpaired) electrons. The van der Waals surface area contributed by atoms with Crippen LogP contribution in [0.5, 0.6) is 11.8 Å². The Morgan fingerprint density at radius 1 is 1.08 bits per heavy atom. The first-order valence-corrected chi connectivity index (χ1v) is 12.6. The van der Waals surface area contributed by atoms with Gasteiger partial charge in [0.2, 0.25) is 0 Å². The van der Waals surface area contributed by atoms with Crippen molar-refractivity contribution < 1.29 is 23.7 Å². The molecule has 37 heavy (non-hydrogen) atoms. The van der Waals surface area contributed by atoms with Crippen LogP contribution in [0.25, 0.3) is 16.7 Å². The summed E-state index contributed by atoms with van der Waals surface area (Å²) >= 11 is 0. The normalized spacial score (nSPS) is 18.4. The molecular weight excluding hydrogens is 476 g/mol. The molecule has 11 heteroatoms. The summed E-state index contributed by atoms with van der Waals surface area (Å²) in [6.07, 6.45) is 2.45. The molecule has 0 unspecified atom stereocenters. The van der Waals surface area contributed by atoms with Gasteiger partial charge >= 0.3 is 12.1 Å². The number of amides is 1. The SMILES string of the molecule is COc1nc(N2CCN(C(=O)OC(C)(C)C)CC2)cc(-n2ncc3cc(C)c(O[C@@H]4CCOC4)cc32)n1. The Bertz CT molecular complexity index is 1270. The predicted octanol–water partition coefficient (Wildman–Crippen LogP) is 3.36. The fraction of sp³-hybridized carbons (Fsp3) is 0.538. The second-order valence-electron chi connectivity index (χ2n) is 10.4. The van der Waals surface area contributed by atoms with E-state index in [-0.39, 0.29) is 18.2 Å². The minimum Gasteiger partial charge on any atom is -0.488 e. The van der Waals surface area contributed by atoms with Crippen molar-refractivity contribution in [3.63, 3.8) is 0 Å². The van der Waals surface area contributed by atoms with Gasteiger partial charge in [0.15, 0.2) is 5.82 Å². The number of carbonyl (C=O) groups is 1. The number of aromatic nitrogens is 4. The van der Waals surface area contributed by atoms with E-state index in [1.54, 1.807) is 16.7 Å². The highest BCUT2D eigenvalue weighted by Gasteiger charge is 2.27. The molecule has 5 rings (SSSR count). The van der Waals surface area contributed by atoms with Crippen LogP contribution in [-0.4, -0.2) is 88.9 Å². The van der Waals surface area contributed by atoms with Crippen LogP contribution in [0.1, 0.15) is 32.8 Å². The third-order valence-corrected chi connectivity index (χ3v) is 6.38. The van der Waals surface area contributed by atoms with Gasteiger partial charge < -0.3 is 28.7 Å². The van der Waals surface area contributed by atoms with Gasteiger partial charge in [-0.15, -0.1) is 0 Å². The van der Waals surface area contributed by atoms with Crippen LogP contribution in [0.4, 0.5) is 10.6 Å². The Labute approximate surface area is 216 Å². The van der Waals surface area contributed by atoms with Crippen LogP contribution in [0.15, 0.2) is 24.4 Å². The fourth-order valence-corrected chi connectivity index (χ4v) is 4.47. The maximum Gasteiger partial charge on any atom is 0.410 e. The smallest absolute Gasteiger partial charge is 0.410 e. The molecule has 2 saturated heterocycles. The number of fused-ring (bicyclic) bond motifs is 1. The summed E-state index contributed by atoms with van der Waals surface area (Å²) in [6, 6.07) is 6.21. The van der Waals surface area contributed by atoms with Gasteiger partial charge in [0.25, 0.3) is 0 Å². The van der Waals surface area contributed by atoms with Gasteiger partial charge in [0.05, 0.1) is 32.0 Å². The van der Waals surface area contributed by atoms with E-state index in [0.29, 0.717) is 44.4 Å². The van der Waals surface area contributed by atoms with Gasteiger partial charge in [-0.25, -0.2) is 9.48 Å². The molecule has 1 aromatic carbocycles. The molecule has 11 nitrogen and oxygen atoms in total. The van der Waals surface area contributed by atoms with Gasteiger partial charge in [-0.2, -0.15) is 15.1 Å². The quantitative estimate of drug-likeness (QED) is 0.511. The van der Waals surface area contributed by atoms with Gasteiger partial charge in [0.1, 0.15) is 23.3 Å². The van der Waals surface area contributed by atoms with Crippen LogP contribution in [-0.2, 0) is 9.47 Å². The van der Waals surface area contributed by atoms with Crippen molar-refractivity contribution in [2.75, 3.05) is 51.4 Å². The van der Waals surface area contributed by atoms with Gasteiger partial charge in [-0.3, -0.25) is 0 Å². The number of nitrogens with zero attached hydrogens (tertiary/aromatic N) is 6. The highest BCUT2D eigenvalue weighted by molar-refractivity contribution is 5.83. The van der Waals surface area contributed by atoms with Crippen LogP contribution in [0, 0.1) is 6.92 Å². The van der Waals surface area contributed by atoms with Crippen molar-refractivity contribution >= 4 is 22.8 Å². The van der Waals surface area contributed by atoms with Crippen molar-refractivity contribution in [3.8, 4) is 17.6 Å². The van der Waals surface area contributed by atoms with Crippen molar-refractivity contribution in [3.05, 3.63) is 30.0 Å². The zero-order valence-electron chi connectivity index (χ0n) is 22.1. The number of hydrogen-bond acceptors (Lipinski definition) is 9. The molecule has 0 spiro atoms. The zero-order valence-corrected chi connectivity index (χ0v) is 22.1. The molecular formula is C26H34N6O5. The first kappa shape index (κ1) is 25.1. The molecule has 0 aliphatic carbocycles. The number of ether oxygens (including phenoxy) is 4. The Morgan fingerprint density at radius 2 is 1.84 bits per heavy atom. The Morgan fingerprint density at radius 3 is 2.51 bits per heavy atom. The maximum absolute atomic E-state index is 12.5. The molecule has 2 aliphatic rings. The van der Waals surface area contributed by atoms with Gasteiger partial charge in [-0.1, -0.05) is 0 Å². The molecule has 0 N–H and O–H groups in total. The molecule has 2 fully saturated rings. The topological polar surface area (TPSA) is 104 Å². The molecule has 1 amide bonds. The number of methoxy groups -OCH3 is 1. The number of anilines is 1. The van der Waals surface area contributed by atoms with Crippen molar-refractivity contribution in [2.24, 2.45) is 0 Å². The Kier molecular flexibility index (Phi) is 6.80. The van der Waals surface area contributed by atoms with Crippen LogP contribution < -0.4 is 14.4 Å². The van der Waals surface area contributed by atoms with E-state index < -0.39 is 5.60 Å². The van der Waals surface area contributed by atoms with Crippen LogP contribution >= 0.6 is 0 Å². The first-order valence-electron chi connectivity index (χ1n) is 12.6. The molecule has 3 aromatic rings. The monoisotopic (exact) mass is 510 g/mol. The summed E-state index contributed by atoms with van der Waals surface area (Å²) in [5.74, 6) is 2.11. The number of rotatable bonds is 5. The lowest BCUT2D eigenvalue weighted by Gasteiger charge is -2.36. The third kappa shape index (κ3) is 5.56. The lowest BCUT2D eigenvalue weighted by atomic mass is 10.1. The van der Waals surface area contributed by atoms with Crippen molar-refractivity contribution in [1.82, 2.24) is 24.6 Å². The fourth-order valence-electron chi connectivity index (χ4n) is 4.47. The largest absolute Gasteiger partial charge is 0.488 e. The third-order valence-electron chi connectivity index (χ3n) is 6.38. The van der Waals surface area contributed by atoms with E-state index >= 15 is 0 Å². The summed E-state index contributed by atoms with van der Waals surface area (Å²) in [5, 5.41) is 5.60. The van der Waals surface area contributed by atoms with Crippen LogP contribution in [0.2, 0.25) is 0 Å². The average Bonchev–Trinajstić information content (AvgIpc) is 3.53. The summed E-state index contributed by atoms with van der Waals surface area (Å²) in [4.78, 5) is 25.4. The minimum atomic E-state index is -0.524. The highest BCUT2D eigenvalue weighted by Crippen LogP contribution is 2.30. The zero-order chi connectivity index (χ0) is 26.2. The number of carbonyl (C=O) groups excluding carboxylic acids is 1. The second kappa shape index (κ2) is 10.0. The standard InChI is InChI=1S/C26H34N6O5/c1-17-12-18-15-27-32(20(18)13-21(17)36-19-6-11-35-16-19)23-14-22(28-24(29-23)34-5)30-7-9-31(10-8-30)25(33)37-26(2,3)4/h12-15,19H,6-11,16H2,1-5H3/t19-/m1/s1. The van der Waals surface area contributed by atoms with E-state index in [0.717, 1.165) is 35.2 Å². The van der Waals surface area contributed by atoms with E-state index in [4.69, 9.17) is 18.9 Å². The number of aryl methyl sites for hydroxylation is 1. The summed E-state index contributed by atoms with van der Waals surface area (Å²) in [6.45, 7) is 11.3. The van der Waals surface area contributed by atoms with Crippen molar-refractivity contribution in [1.29, 1.82) is 0 Å². The number of piperazine rings is 1. The summed E-state index contributed by atoms with van der Waals surface area (Å²) in [7, 11) is 1.55. The lowest BCUT2D eigenvalue weighted by molar-refractivity contribution is 0.0240. The average molecular weight is 511 g/mol. The molecule has 0 bridgehead atoms. The number of hydrogen-bond donors (Lipinski definition) is 0. The van der Waals surface area contributed by atoms with Crippen molar-refractivity contribution in [2.45, 2.75) is 45.8 Å². The van der Waals surface area contributed by atoms with Gasteiger partial charge in [0, 0.05) is 50.1 Å². The molecule has 198 valence electrons. The second-order valence-corrected chi connectivity index (χ2v) is 10.4. The van der Waals surface area contributed by atoms with Gasteiger partial charge in [-0.05, 0) is 39.3 Å². The van der Waals surface area contributed by atoms with E-state index in [1.807, 2.05) is 46.0 Å². The van der Waals surface area contributed by atoms with E-state index in [9.17, 15) is 4.79 Å². The van der Waals surface area contributed by atoms with E-state index in [2.05, 4.69) is 26.0 Å². The summed E-state index contributed by atoms with van der Waals surface area (Å²) < 4.78 is 24.4. The minimum absolute atomic E-state index is 0.0533. The van der Waals surface area contributed by atoms with E-state index in [1.165, 1.54) is 0 Å². The highest BCUT2D eigenvalue weighted by atomic mass is 16.6. The Balaban J connectivity index is 1.40. The first-order chi connectivity index (χ1) is 17.7. The molecule has 2 aliphatic heterocycles. The Hall–Kier alpha value is -3.60.